The first-order valence-electron chi connectivity index (χ1n) is 7.82. The zero-order chi connectivity index (χ0) is 18.1. The highest BCUT2D eigenvalue weighted by Crippen LogP contribution is 2.36. The van der Waals surface area contributed by atoms with Crippen LogP contribution in [0.3, 0.4) is 0 Å². The van der Waals surface area contributed by atoms with E-state index in [1.165, 1.54) is 0 Å². The third kappa shape index (κ3) is 3.67. The monoisotopic (exact) mass is 534 g/mol. The van der Waals surface area contributed by atoms with Gasteiger partial charge >= 0.3 is 0 Å². The standard InChI is InChI=1S/C20H12BrIN2OS/c21-13-8-9-16(23-19(25)12-4-3-5-14(22)10-12)15(11-13)20-24-17-6-1-2-7-18(17)26-20/h1-11H,(H,23,25). The SMILES string of the molecule is O=C(Nc1ccc(Br)cc1-c1nc2ccccc2s1)c1cccc(I)c1. The molecule has 6 heteroatoms. The Bertz CT molecular complexity index is 1090. The van der Waals surface area contributed by atoms with Gasteiger partial charge in [-0.15, -0.1) is 11.3 Å². The van der Waals surface area contributed by atoms with Crippen LogP contribution in [0.1, 0.15) is 10.4 Å². The van der Waals surface area contributed by atoms with Crippen LogP contribution < -0.4 is 5.32 Å². The first-order chi connectivity index (χ1) is 12.6. The van der Waals surface area contributed by atoms with Crippen LogP contribution in [-0.2, 0) is 0 Å². The fourth-order valence-corrected chi connectivity index (χ4v) is 4.51. The maximum Gasteiger partial charge on any atom is 0.255 e. The van der Waals surface area contributed by atoms with Crippen LogP contribution in [0.5, 0.6) is 0 Å². The Labute approximate surface area is 176 Å². The summed E-state index contributed by atoms with van der Waals surface area (Å²) >= 11 is 7.34. The summed E-state index contributed by atoms with van der Waals surface area (Å²) in [7, 11) is 0. The van der Waals surface area contributed by atoms with Crippen molar-refractivity contribution in [1.29, 1.82) is 0 Å². The summed E-state index contributed by atoms with van der Waals surface area (Å²) in [5, 5.41) is 3.91. The van der Waals surface area contributed by atoms with Gasteiger partial charge in [0.1, 0.15) is 5.01 Å². The number of hydrogen-bond donors (Lipinski definition) is 1. The van der Waals surface area contributed by atoms with E-state index in [1.54, 1.807) is 11.3 Å². The van der Waals surface area contributed by atoms with Crippen LogP contribution in [0.2, 0.25) is 0 Å². The molecule has 0 spiro atoms. The van der Waals surface area contributed by atoms with E-state index in [2.05, 4.69) is 49.9 Å². The van der Waals surface area contributed by atoms with Crippen molar-refractivity contribution in [2.75, 3.05) is 5.32 Å². The van der Waals surface area contributed by atoms with Gasteiger partial charge in [-0.1, -0.05) is 34.1 Å². The number of fused-ring (bicyclic) bond motifs is 1. The topological polar surface area (TPSA) is 42.0 Å². The molecule has 0 fully saturated rings. The average Bonchev–Trinajstić information content (AvgIpc) is 3.07. The van der Waals surface area contributed by atoms with E-state index in [-0.39, 0.29) is 5.91 Å². The fraction of sp³-hybridized carbons (Fsp3) is 0. The zero-order valence-electron chi connectivity index (χ0n) is 13.4. The number of anilines is 1. The molecule has 4 rings (SSSR count). The number of halogens is 2. The van der Waals surface area contributed by atoms with Gasteiger partial charge in [0.15, 0.2) is 0 Å². The van der Waals surface area contributed by atoms with Gasteiger partial charge in [-0.3, -0.25) is 4.79 Å². The molecule has 3 aromatic carbocycles. The molecule has 1 aromatic heterocycles. The van der Waals surface area contributed by atoms with E-state index < -0.39 is 0 Å². The first kappa shape index (κ1) is 17.6. The molecule has 0 saturated heterocycles. The highest BCUT2D eigenvalue weighted by molar-refractivity contribution is 14.1. The summed E-state index contributed by atoms with van der Waals surface area (Å²) in [5.74, 6) is -0.131. The molecule has 4 aromatic rings. The summed E-state index contributed by atoms with van der Waals surface area (Å²) < 4.78 is 3.09. The Kier molecular flexibility index (Phi) is 5.06. The van der Waals surface area contributed by atoms with E-state index in [0.717, 1.165) is 34.5 Å². The number of amides is 1. The summed E-state index contributed by atoms with van der Waals surface area (Å²) in [6.45, 7) is 0. The quantitative estimate of drug-likeness (QED) is 0.301. The molecule has 0 saturated carbocycles. The molecular formula is C20H12BrIN2OS. The highest BCUT2D eigenvalue weighted by atomic mass is 127. The lowest BCUT2D eigenvalue weighted by atomic mass is 10.1. The van der Waals surface area contributed by atoms with Gasteiger partial charge in [-0.05, 0) is 71.1 Å². The number of thiazole rings is 1. The van der Waals surface area contributed by atoms with Gasteiger partial charge in [0.25, 0.3) is 5.91 Å². The van der Waals surface area contributed by atoms with Crippen molar-refractivity contribution < 1.29 is 4.79 Å². The van der Waals surface area contributed by atoms with Crippen molar-refractivity contribution in [3.8, 4) is 10.6 Å². The molecule has 0 aliphatic heterocycles. The van der Waals surface area contributed by atoms with Crippen molar-refractivity contribution in [2.24, 2.45) is 0 Å². The molecule has 0 atom stereocenters. The molecule has 1 N–H and O–H groups in total. The molecule has 1 heterocycles. The van der Waals surface area contributed by atoms with Crippen LogP contribution in [0.15, 0.2) is 71.2 Å². The maximum atomic E-state index is 12.7. The lowest BCUT2D eigenvalue weighted by molar-refractivity contribution is 0.102. The summed E-state index contributed by atoms with van der Waals surface area (Å²) in [6.07, 6.45) is 0. The van der Waals surface area contributed by atoms with Crippen molar-refractivity contribution >= 4 is 71.7 Å². The van der Waals surface area contributed by atoms with Crippen LogP contribution >= 0.6 is 49.9 Å². The summed E-state index contributed by atoms with van der Waals surface area (Å²) in [5.41, 5.74) is 3.24. The number of rotatable bonds is 3. The molecule has 0 unspecified atom stereocenters. The van der Waals surface area contributed by atoms with Gasteiger partial charge in [0, 0.05) is 19.2 Å². The number of hydrogen-bond acceptors (Lipinski definition) is 3. The summed E-state index contributed by atoms with van der Waals surface area (Å²) in [4.78, 5) is 17.4. The van der Waals surface area contributed by atoms with Crippen LogP contribution in [-0.4, -0.2) is 10.9 Å². The van der Waals surface area contributed by atoms with E-state index in [4.69, 9.17) is 4.98 Å². The minimum absolute atomic E-state index is 0.131. The van der Waals surface area contributed by atoms with Gasteiger partial charge < -0.3 is 5.32 Å². The van der Waals surface area contributed by atoms with Crippen LogP contribution in [0, 0.1) is 3.57 Å². The Morgan fingerprint density at radius 2 is 1.88 bits per heavy atom. The molecule has 0 radical (unpaired) electrons. The van der Waals surface area contributed by atoms with E-state index in [9.17, 15) is 4.79 Å². The van der Waals surface area contributed by atoms with Crippen LogP contribution in [0.25, 0.3) is 20.8 Å². The maximum absolute atomic E-state index is 12.7. The molecule has 128 valence electrons. The minimum atomic E-state index is -0.131. The van der Waals surface area contributed by atoms with Crippen molar-refractivity contribution in [1.82, 2.24) is 4.98 Å². The third-order valence-corrected chi connectivity index (χ3v) is 6.07. The molecular weight excluding hydrogens is 523 g/mol. The van der Waals surface area contributed by atoms with E-state index >= 15 is 0 Å². The Hall–Kier alpha value is -1.77. The highest BCUT2D eigenvalue weighted by Gasteiger charge is 2.14. The van der Waals surface area contributed by atoms with Crippen molar-refractivity contribution in [2.45, 2.75) is 0 Å². The number of aromatic nitrogens is 1. The smallest absolute Gasteiger partial charge is 0.255 e. The molecule has 0 aliphatic carbocycles. The van der Waals surface area contributed by atoms with Gasteiger partial charge in [0.2, 0.25) is 0 Å². The van der Waals surface area contributed by atoms with E-state index in [0.29, 0.717) is 5.56 Å². The van der Waals surface area contributed by atoms with Gasteiger partial charge in [-0.25, -0.2) is 4.98 Å². The molecule has 0 aliphatic rings. The van der Waals surface area contributed by atoms with Crippen molar-refractivity contribution in [3.63, 3.8) is 0 Å². The predicted molar refractivity (Wildman–Crippen MR) is 120 cm³/mol. The number of benzene rings is 3. The van der Waals surface area contributed by atoms with Gasteiger partial charge in [0.05, 0.1) is 15.9 Å². The zero-order valence-corrected chi connectivity index (χ0v) is 17.9. The minimum Gasteiger partial charge on any atom is -0.321 e. The number of carbonyl (C=O) groups is 1. The Morgan fingerprint density at radius 1 is 1.04 bits per heavy atom. The second-order valence-electron chi connectivity index (χ2n) is 5.64. The van der Waals surface area contributed by atoms with Crippen molar-refractivity contribution in [3.05, 3.63) is 80.3 Å². The lowest BCUT2D eigenvalue weighted by Gasteiger charge is -2.10. The Balaban J connectivity index is 1.74. The Morgan fingerprint density at radius 3 is 2.69 bits per heavy atom. The fourth-order valence-electron chi connectivity index (χ4n) is 2.61. The normalized spacial score (nSPS) is 10.8. The molecule has 1 amide bonds. The van der Waals surface area contributed by atoms with E-state index in [1.807, 2.05) is 60.7 Å². The predicted octanol–water partition coefficient (Wildman–Crippen LogP) is 6.58. The molecule has 26 heavy (non-hydrogen) atoms. The lowest BCUT2D eigenvalue weighted by Crippen LogP contribution is -2.12. The largest absolute Gasteiger partial charge is 0.321 e. The van der Waals surface area contributed by atoms with Gasteiger partial charge in [-0.2, -0.15) is 0 Å². The summed E-state index contributed by atoms with van der Waals surface area (Å²) in [6, 6.07) is 21.4. The number of nitrogens with zero attached hydrogens (tertiary/aromatic N) is 1. The average molecular weight is 535 g/mol. The second kappa shape index (κ2) is 7.46. The first-order valence-corrected chi connectivity index (χ1v) is 10.5. The third-order valence-electron chi connectivity index (χ3n) is 3.84. The number of nitrogens with one attached hydrogen (secondary N) is 1. The van der Waals surface area contributed by atoms with Crippen LogP contribution in [0.4, 0.5) is 5.69 Å². The number of para-hydroxylation sites is 1. The second-order valence-corrected chi connectivity index (χ2v) is 8.83. The molecule has 0 bridgehead atoms. The number of carbonyl (C=O) groups excluding carboxylic acids is 1. The molecule has 3 nitrogen and oxygen atoms in total.